The van der Waals surface area contributed by atoms with Crippen LogP contribution < -0.4 is 0 Å². The van der Waals surface area contributed by atoms with Crippen LogP contribution in [0.25, 0.3) is 9.81 Å². The van der Waals surface area contributed by atoms with E-state index in [-0.39, 0.29) is 0 Å². The van der Waals surface area contributed by atoms with Gasteiger partial charge in [-0.3, -0.25) is 0 Å². The summed E-state index contributed by atoms with van der Waals surface area (Å²) in [6.45, 7) is 4.13. The smallest absolute Gasteiger partial charge is 0.101 e. The van der Waals surface area contributed by atoms with Crippen LogP contribution in [-0.2, 0) is 0 Å². The Kier molecular flexibility index (Phi) is 6.43. The first-order valence-corrected chi connectivity index (χ1v) is 12.5. The summed E-state index contributed by atoms with van der Waals surface area (Å²) in [4.78, 5) is 4.50. The number of hydrogen-bond donors (Lipinski definition) is 0. The van der Waals surface area contributed by atoms with E-state index in [4.69, 9.17) is 0 Å². The van der Waals surface area contributed by atoms with Gasteiger partial charge in [-0.1, -0.05) is 59.2 Å². The maximum atomic E-state index is 9.36. The summed E-state index contributed by atoms with van der Waals surface area (Å²) in [5.41, 5.74) is 3.42. The van der Waals surface area contributed by atoms with Gasteiger partial charge >= 0.3 is 0 Å². The molecule has 2 aliphatic rings. The summed E-state index contributed by atoms with van der Waals surface area (Å²) >= 11 is 6.79. The third-order valence-corrected chi connectivity index (χ3v) is 10.6. The highest BCUT2D eigenvalue weighted by Gasteiger charge is 2.28. The zero-order valence-electron chi connectivity index (χ0n) is 16.9. The van der Waals surface area contributed by atoms with Crippen LogP contribution in [0.15, 0.2) is 54.7 Å². The topological polar surface area (TPSA) is 95.2 Å². The molecule has 0 bridgehead atoms. The van der Waals surface area contributed by atoms with E-state index in [9.17, 15) is 21.0 Å². The van der Waals surface area contributed by atoms with Crippen molar-refractivity contribution < 1.29 is 0 Å². The van der Waals surface area contributed by atoms with E-state index in [1.165, 1.54) is 8.47 Å². The highest BCUT2D eigenvalue weighted by molar-refractivity contribution is 8.37. The second-order valence-corrected chi connectivity index (χ2v) is 11.7. The Bertz CT molecular complexity index is 1330. The monoisotopic (exact) mass is 484 g/mol. The number of allylic oxidation sites excluding steroid dienone is 2. The predicted octanol–water partition coefficient (Wildman–Crippen LogP) is 7.34. The molecule has 2 aromatic carbocycles. The van der Waals surface area contributed by atoms with Crippen molar-refractivity contribution in [3.8, 4) is 24.3 Å². The fourth-order valence-corrected chi connectivity index (χ4v) is 8.73. The molecule has 0 saturated heterocycles. The third-order valence-electron chi connectivity index (χ3n) is 4.73. The number of nitrogens with zero attached hydrogens (tertiary/aromatic N) is 4. The molecular formula is C24H12N4S4. The first-order valence-electron chi connectivity index (χ1n) is 9.25. The normalized spacial score (nSPS) is 17.7. The molecule has 0 unspecified atom stereocenters. The number of rotatable bonds is 2. The second-order valence-electron chi connectivity index (χ2n) is 6.72. The van der Waals surface area contributed by atoms with Crippen LogP contribution in [0.2, 0.25) is 0 Å². The third kappa shape index (κ3) is 4.07. The van der Waals surface area contributed by atoms with E-state index in [1.807, 2.05) is 12.1 Å². The fraction of sp³-hybridized carbons (Fsp3) is 0.0833. The van der Waals surface area contributed by atoms with Gasteiger partial charge in [0.15, 0.2) is 0 Å². The van der Waals surface area contributed by atoms with Crippen molar-refractivity contribution in [3.63, 3.8) is 0 Å². The van der Waals surface area contributed by atoms with Crippen molar-refractivity contribution in [3.05, 3.63) is 88.1 Å². The first-order chi connectivity index (χ1) is 15.5. The van der Waals surface area contributed by atoms with Gasteiger partial charge in [-0.05, 0) is 49.2 Å². The van der Waals surface area contributed by atoms with Crippen LogP contribution >= 0.6 is 47.0 Å². The zero-order valence-corrected chi connectivity index (χ0v) is 20.2. The van der Waals surface area contributed by atoms with Crippen LogP contribution in [0.1, 0.15) is 47.2 Å². The molecule has 0 aromatic heterocycles. The molecule has 32 heavy (non-hydrogen) atoms. The van der Waals surface area contributed by atoms with E-state index < -0.39 is 0 Å². The van der Waals surface area contributed by atoms with Crippen molar-refractivity contribution >= 4 is 56.9 Å². The van der Waals surface area contributed by atoms with Gasteiger partial charge in [0.1, 0.15) is 24.3 Å². The maximum Gasteiger partial charge on any atom is 0.101 e. The molecule has 0 spiro atoms. The number of thioether (sulfide) groups is 4. The molecule has 0 radical (unpaired) electrons. The van der Waals surface area contributed by atoms with Crippen molar-refractivity contribution in [1.29, 1.82) is 21.0 Å². The maximum absolute atomic E-state index is 9.36. The Labute approximate surface area is 203 Å². The number of benzene rings is 2. The Balaban J connectivity index is 1.61. The molecule has 4 rings (SSSR count). The molecule has 8 heteroatoms. The van der Waals surface area contributed by atoms with Gasteiger partial charge in [0, 0.05) is 19.6 Å². The predicted molar refractivity (Wildman–Crippen MR) is 134 cm³/mol. The van der Waals surface area contributed by atoms with Gasteiger partial charge in [0.2, 0.25) is 0 Å². The van der Waals surface area contributed by atoms with Crippen molar-refractivity contribution in [2.24, 2.45) is 0 Å². The van der Waals surface area contributed by atoms with Crippen LogP contribution in [0, 0.1) is 45.3 Å². The fourth-order valence-electron chi connectivity index (χ4n) is 3.18. The van der Waals surface area contributed by atoms with E-state index >= 15 is 0 Å². The standard InChI is InChI=1S/C24H12N4S4/c1-13-21(15-3-5-17(9-25)19(7-15)11-27)31-23(29-13)24-30-14(2)22(32-24)16-4-6-18(10-26)20(8-16)12-28/h3-8H,1-2H3/b24-23-. The molecule has 0 N–H and O–H groups in total. The molecule has 0 atom stereocenters. The Morgan fingerprint density at radius 1 is 0.531 bits per heavy atom. The minimum atomic E-state index is 0.384. The average molecular weight is 485 g/mol. The van der Waals surface area contributed by atoms with Gasteiger partial charge in [-0.25, -0.2) is 0 Å². The summed E-state index contributed by atoms with van der Waals surface area (Å²) in [6.07, 6.45) is 0. The average Bonchev–Trinajstić information content (AvgIpc) is 3.40. The number of nitriles is 4. The van der Waals surface area contributed by atoms with Crippen molar-refractivity contribution in [2.45, 2.75) is 13.8 Å². The lowest BCUT2D eigenvalue weighted by Gasteiger charge is -2.06. The Hall–Kier alpha value is -2.98. The summed E-state index contributed by atoms with van der Waals surface area (Å²) in [5, 5.41) is 37.1. The molecular weight excluding hydrogens is 473 g/mol. The molecule has 0 amide bonds. The van der Waals surface area contributed by atoms with Crippen LogP contribution in [0.4, 0.5) is 0 Å². The quantitative estimate of drug-likeness (QED) is 0.437. The van der Waals surface area contributed by atoms with Crippen molar-refractivity contribution in [1.82, 2.24) is 0 Å². The van der Waals surface area contributed by atoms with Gasteiger partial charge in [-0.15, -0.1) is 0 Å². The molecule has 2 aromatic rings. The van der Waals surface area contributed by atoms with Crippen LogP contribution in [0.3, 0.4) is 0 Å². The molecule has 152 valence electrons. The molecule has 0 aliphatic carbocycles. The minimum absolute atomic E-state index is 0.384. The van der Waals surface area contributed by atoms with Crippen LogP contribution in [0.5, 0.6) is 0 Å². The molecule has 2 aliphatic heterocycles. The first kappa shape index (κ1) is 22.2. The SMILES string of the molecule is CC1=C(c2ccc(C#N)c(C#N)c2)S/C(=C2/SC(C)=C(c3ccc(C#N)c(C#N)c3)S2)S1. The van der Waals surface area contributed by atoms with E-state index in [0.717, 1.165) is 30.7 Å². The number of hydrogen-bond acceptors (Lipinski definition) is 8. The summed E-state index contributed by atoms with van der Waals surface area (Å²) in [7, 11) is 0. The lowest BCUT2D eigenvalue weighted by molar-refractivity contribution is 1.42. The van der Waals surface area contributed by atoms with E-state index in [1.54, 1.807) is 71.3 Å². The largest absolute Gasteiger partial charge is 0.192 e. The van der Waals surface area contributed by atoms with Gasteiger partial charge < -0.3 is 0 Å². The minimum Gasteiger partial charge on any atom is -0.192 e. The lowest BCUT2D eigenvalue weighted by atomic mass is 10.1. The van der Waals surface area contributed by atoms with E-state index in [0.29, 0.717) is 22.3 Å². The molecule has 4 nitrogen and oxygen atoms in total. The van der Waals surface area contributed by atoms with Gasteiger partial charge in [0.05, 0.1) is 30.7 Å². The molecule has 0 saturated carbocycles. The zero-order chi connectivity index (χ0) is 22.8. The summed E-state index contributed by atoms with van der Waals surface area (Å²) < 4.78 is 2.36. The van der Waals surface area contributed by atoms with Gasteiger partial charge in [0.25, 0.3) is 0 Å². The Morgan fingerprint density at radius 2 is 0.906 bits per heavy atom. The Morgan fingerprint density at radius 3 is 1.25 bits per heavy atom. The second kappa shape index (κ2) is 9.25. The van der Waals surface area contributed by atoms with E-state index in [2.05, 4.69) is 38.1 Å². The highest BCUT2D eigenvalue weighted by atomic mass is 32.2. The van der Waals surface area contributed by atoms with Gasteiger partial charge in [-0.2, -0.15) is 21.0 Å². The highest BCUT2D eigenvalue weighted by Crippen LogP contribution is 2.63. The van der Waals surface area contributed by atoms with Crippen molar-refractivity contribution in [2.75, 3.05) is 0 Å². The summed E-state index contributed by atoms with van der Waals surface area (Å²) in [5.74, 6) is 0. The van der Waals surface area contributed by atoms with Crippen LogP contribution in [-0.4, -0.2) is 0 Å². The summed E-state index contributed by atoms with van der Waals surface area (Å²) in [6, 6.07) is 19.1. The molecule has 0 fully saturated rings. The molecule has 2 heterocycles. The lowest BCUT2D eigenvalue weighted by Crippen LogP contribution is -1.87.